The number of hydrogen-bond donors (Lipinski definition) is 0. The number of rotatable bonds is 6. The fraction of sp³-hybridized carbons (Fsp3) is 0.250. The number of allylic oxidation sites excluding steroid dienone is 2. The number of carbonyl (C=O) groups excluding carboxylic acids is 4. The van der Waals surface area contributed by atoms with Crippen LogP contribution >= 0.6 is 11.6 Å². The first-order valence-electron chi connectivity index (χ1n) is 10.5. The number of carbonyl (C=O) groups is 4. The van der Waals surface area contributed by atoms with Crippen LogP contribution in [-0.4, -0.2) is 35.1 Å². The number of hydrogen-bond acceptors (Lipinski definition) is 7. The monoisotopic (exact) mass is 482 g/mol. The van der Waals surface area contributed by atoms with Crippen LogP contribution in [0.1, 0.15) is 34.1 Å². The molecule has 4 rings (SSSR count). The van der Waals surface area contributed by atoms with Gasteiger partial charge in [-0.1, -0.05) is 36.7 Å². The van der Waals surface area contributed by atoms with Gasteiger partial charge in [0.15, 0.2) is 6.61 Å². The van der Waals surface area contributed by atoms with E-state index in [0.717, 1.165) is 11.0 Å². The van der Waals surface area contributed by atoms with Gasteiger partial charge in [-0.05, 0) is 42.7 Å². The standard InChI is InChI=1S/C24H19ClN2O7/c1-13-4-2-7-17-21(13)23(30)26(22(17)29)16-6-3-5-15(10-16)24(31)34-12-20(28)14-8-9-18(25)19(11-14)27(32)33/h2-6,8-11,13,17,21H,7,12H2,1H3/t13-,17+,21+/m1/s1. The average Bonchev–Trinajstić information content (AvgIpc) is 3.08. The van der Waals surface area contributed by atoms with E-state index in [-0.39, 0.29) is 39.6 Å². The van der Waals surface area contributed by atoms with Crippen molar-refractivity contribution in [2.75, 3.05) is 11.5 Å². The number of benzene rings is 2. The molecule has 9 nitrogen and oxygen atoms in total. The fourth-order valence-electron chi connectivity index (χ4n) is 4.30. The smallest absolute Gasteiger partial charge is 0.338 e. The van der Waals surface area contributed by atoms with Crippen LogP contribution in [0.5, 0.6) is 0 Å². The molecule has 0 saturated carbocycles. The maximum atomic E-state index is 13.0. The zero-order valence-electron chi connectivity index (χ0n) is 18.0. The van der Waals surface area contributed by atoms with Crippen molar-refractivity contribution < 1.29 is 28.8 Å². The molecule has 174 valence electrons. The lowest BCUT2D eigenvalue weighted by Crippen LogP contribution is -2.31. The van der Waals surface area contributed by atoms with Gasteiger partial charge < -0.3 is 4.74 Å². The van der Waals surface area contributed by atoms with E-state index >= 15 is 0 Å². The summed E-state index contributed by atoms with van der Waals surface area (Å²) >= 11 is 5.75. The van der Waals surface area contributed by atoms with Crippen molar-refractivity contribution in [3.05, 3.63) is 80.9 Å². The minimum absolute atomic E-state index is 0.0313. The molecule has 1 fully saturated rings. The van der Waals surface area contributed by atoms with Crippen LogP contribution in [-0.2, 0) is 14.3 Å². The molecule has 2 aliphatic rings. The number of nitro benzene ring substituents is 1. The van der Waals surface area contributed by atoms with Crippen LogP contribution in [0.15, 0.2) is 54.6 Å². The van der Waals surface area contributed by atoms with E-state index in [4.69, 9.17) is 16.3 Å². The highest BCUT2D eigenvalue weighted by atomic mass is 35.5. The van der Waals surface area contributed by atoms with Gasteiger partial charge in [0.2, 0.25) is 17.6 Å². The Balaban J connectivity index is 1.47. The van der Waals surface area contributed by atoms with Gasteiger partial charge in [-0.15, -0.1) is 0 Å². The molecule has 10 heteroatoms. The second-order valence-corrected chi connectivity index (χ2v) is 8.55. The summed E-state index contributed by atoms with van der Waals surface area (Å²) in [5.74, 6) is -3.04. The van der Waals surface area contributed by atoms with Gasteiger partial charge >= 0.3 is 5.97 Å². The third kappa shape index (κ3) is 4.22. The van der Waals surface area contributed by atoms with Crippen molar-refractivity contribution in [3.63, 3.8) is 0 Å². The molecule has 2 aromatic rings. The summed E-state index contributed by atoms with van der Waals surface area (Å²) in [4.78, 5) is 62.2. The first kappa shape index (κ1) is 23.3. The second-order valence-electron chi connectivity index (χ2n) is 8.14. The zero-order valence-corrected chi connectivity index (χ0v) is 18.7. The lowest BCUT2D eigenvalue weighted by atomic mass is 9.78. The molecule has 2 amide bonds. The molecule has 0 bridgehead atoms. The number of nitro groups is 1. The molecule has 1 saturated heterocycles. The molecule has 0 N–H and O–H groups in total. The van der Waals surface area contributed by atoms with E-state index in [2.05, 4.69) is 0 Å². The van der Waals surface area contributed by atoms with Gasteiger partial charge in [0.1, 0.15) is 5.02 Å². The molecule has 3 atom stereocenters. The maximum Gasteiger partial charge on any atom is 0.338 e. The van der Waals surface area contributed by atoms with E-state index in [1.54, 1.807) is 6.07 Å². The molecule has 0 spiro atoms. The summed E-state index contributed by atoms with van der Waals surface area (Å²) in [6, 6.07) is 9.40. The average molecular weight is 483 g/mol. The number of ether oxygens (including phenoxy) is 1. The fourth-order valence-corrected chi connectivity index (χ4v) is 4.48. The van der Waals surface area contributed by atoms with Crippen LogP contribution in [0.3, 0.4) is 0 Å². The predicted molar refractivity (Wildman–Crippen MR) is 122 cm³/mol. The molecule has 1 aliphatic heterocycles. The van der Waals surface area contributed by atoms with Crippen LogP contribution in [0.2, 0.25) is 5.02 Å². The molecule has 0 radical (unpaired) electrons. The normalized spacial score (nSPS) is 21.4. The van der Waals surface area contributed by atoms with Crippen LogP contribution < -0.4 is 4.90 Å². The van der Waals surface area contributed by atoms with Gasteiger partial charge in [-0.3, -0.25) is 29.4 Å². The number of esters is 1. The Hall–Kier alpha value is -3.85. The van der Waals surface area contributed by atoms with E-state index in [9.17, 15) is 29.3 Å². The van der Waals surface area contributed by atoms with Gasteiger partial charge in [-0.2, -0.15) is 0 Å². The Morgan fingerprint density at radius 1 is 1.15 bits per heavy atom. The lowest BCUT2D eigenvalue weighted by molar-refractivity contribution is -0.384. The summed E-state index contributed by atoms with van der Waals surface area (Å²) in [6.45, 7) is 1.23. The van der Waals surface area contributed by atoms with Crippen molar-refractivity contribution >= 4 is 46.5 Å². The Bertz CT molecular complexity index is 1260. The largest absolute Gasteiger partial charge is 0.454 e. The number of nitrogens with zero attached hydrogens (tertiary/aromatic N) is 2. The van der Waals surface area contributed by atoms with Crippen molar-refractivity contribution in [3.8, 4) is 0 Å². The highest BCUT2D eigenvalue weighted by Gasteiger charge is 2.50. The third-order valence-electron chi connectivity index (χ3n) is 6.01. The van der Waals surface area contributed by atoms with E-state index in [1.165, 1.54) is 30.3 Å². The molecular weight excluding hydrogens is 464 g/mol. The van der Waals surface area contributed by atoms with Crippen LogP contribution in [0.4, 0.5) is 11.4 Å². The van der Waals surface area contributed by atoms with E-state index in [0.29, 0.717) is 6.42 Å². The third-order valence-corrected chi connectivity index (χ3v) is 6.33. The SMILES string of the molecule is C[C@@H]1C=CC[C@@H]2C(=O)N(c3cccc(C(=O)OCC(=O)c4ccc(Cl)c([N+](=O)[O-])c4)c3)C(=O)[C@@H]12. The van der Waals surface area contributed by atoms with Crippen molar-refractivity contribution in [1.82, 2.24) is 0 Å². The Kier molecular flexibility index (Phi) is 6.30. The quantitative estimate of drug-likeness (QED) is 0.152. The molecule has 1 heterocycles. The number of amides is 2. The van der Waals surface area contributed by atoms with Gasteiger partial charge in [-0.25, -0.2) is 4.79 Å². The van der Waals surface area contributed by atoms with Crippen molar-refractivity contribution in [2.45, 2.75) is 13.3 Å². The number of halogens is 1. The Morgan fingerprint density at radius 3 is 2.62 bits per heavy atom. The molecule has 0 unspecified atom stereocenters. The minimum atomic E-state index is -0.842. The number of Topliss-reactive ketones (excluding diaryl/α,β-unsaturated/α-hetero) is 1. The summed E-state index contributed by atoms with van der Waals surface area (Å²) in [6.07, 6.45) is 4.32. The summed E-state index contributed by atoms with van der Waals surface area (Å²) in [5, 5.41) is 10.9. The Labute approximate surface area is 199 Å². The van der Waals surface area contributed by atoms with Crippen LogP contribution in [0.25, 0.3) is 0 Å². The number of anilines is 1. The van der Waals surface area contributed by atoms with E-state index in [1.807, 2.05) is 19.1 Å². The highest BCUT2D eigenvalue weighted by Crippen LogP contribution is 2.40. The first-order valence-corrected chi connectivity index (χ1v) is 10.9. The van der Waals surface area contributed by atoms with Crippen LogP contribution in [0, 0.1) is 27.9 Å². The zero-order chi connectivity index (χ0) is 24.6. The van der Waals surface area contributed by atoms with Gasteiger partial charge in [0.25, 0.3) is 5.69 Å². The van der Waals surface area contributed by atoms with Gasteiger partial charge in [0, 0.05) is 11.6 Å². The molecule has 1 aliphatic carbocycles. The first-order chi connectivity index (χ1) is 16.2. The number of ketones is 1. The second kappa shape index (κ2) is 9.18. The van der Waals surface area contributed by atoms with Crippen molar-refractivity contribution in [1.29, 1.82) is 0 Å². The molecule has 34 heavy (non-hydrogen) atoms. The molecule has 0 aromatic heterocycles. The maximum absolute atomic E-state index is 13.0. The Morgan fingerprint density at radius 2 is 1.91 bits per heavy atom. The molecular formula is C24H19ClN2O7. The van der Waals surface area contributed by atoms with E-state index < -0.39 is 40.8 Å². The summed E-state index contributed by atoms with van der Waals surface area (Å²) in [7, 11) is 0. The number of fused-ring (bicyclic) bond motifs is 1. The van der Waals surface area contributed by atoms with Crippen molar-refractivity contribution in [2.24, 2.45) is 17.8 Å². The molecule has 2 aromatic carbocycles. The van der Waals surface area contributed by atoms with Gasteiger partial charge in [0.05, 0.1) is 28.0 Å². The lowest BCUT2D eigenvalue weighted by Gasteiger charge is -2.22. The topological polar surface area (TPSA) is 124 Å². The minimum Gasteiger partial charge on any atom is -0.454 e. The predicted octanol–water partition coefficient (Wildman–Crippen LogP) is 3.99. The highest BCUT2D eigenvalue weighted by molar-refractivity contribution is 6.32. The summed E-state index contributed by atoms with van der Waals surface area (Å²) < 4.78 is 5.07. The number of imide groups is 1. The summed E-state index contributed by atoms with van der Waals surface area (Å²) in [5.41, 5.74) is -0.160.